The molecular weight excluding hydrogens is 292 g/mol. The standard InChI is InChI=1S/C18H22N2O3/c19-18(22)16-8-4-10-20(16)11-14(21)12-23-17-9-3-6-13-5-1-2-7-15(13)17/h1-3,5-7,9,14,16,21H,4,8,10-12H2,(H2,19,22). The van der Waals surface area contributed by atoms with Gasteiger partial charge in [0.05, 0.1) is 6.04 Å². The Morgan fingerprint density at radius 3 is 2.91 bits per heavy atom. The van der Waals surface area contributed by atoms with Gasteiger partial charge in [-0.25, -0.2) is 0 Å². The van der Waals surface area contributed by atoms with Gasteiger partial charge in [-0.05, 0) is 30.8 Å². The van der Waals surface area contributed by atoms with E-state index >= 15 is 0 Å². The van der Waals surface area contributed by atoms with E-state index in [2.05, 4.69) is 0 Å². The highest BCUT2D eigenvalue weighted by atomic mass is 16.5. The third-order valence-corrected chi connectivity index (χ3v) is 4.32. The topological polar surface area (TPSA) is 75.8 Å². The molecule has 3 N–H and O–H groups in total. The molecule has 1 aliphatic heterocycles. The van der Waals surface area contributed by atoms with Crippen molar-refractivity contribution in [1.82, 2.24) is 4.90 Å². The number of aliphatic hydroxyl groups is 1. The van der Waals surface area contributed by atoms with Crippen molar-refractivity contribution in [3.05, 3.63) is 42.5 Å². The van der Waals surface area contributed by atoms with E-state index in [0.29, 0.717) is 6.54 Å². The van der Waals surface area contributed by atoms with Crippen LogP contribution in [-0.2, 0) is 4.79 Å². The minimum atomic E-state index is -0.658. The zero-order valence-corrected chi connectivity index (χ0v) is 13.0. The van der Waals surface area contributed by atoms with Crippen LogP contribution >= 0.6 is 0 Å². The highest BCUT2D eigenvalue weighted by molar-refractivity contribution is 5.88. The van der Waals surface area contributed by atoms with Gasteiger partial charge in [0.2, 0.25) is 5.91 Å². The van der Waals surface area contributed by atoms with E-state index in [4.69, 9.17) is 10.5 Å². The molecule has 2 aromatic rings. The Labute approximate surface area is 135 Å². The number of primary amides is 1. The second kappa shape index (κ2) is 6.98. The molecule has 5 heteroatoms. The summed E-state index contributed by atoms with van der Waals surface area (Å²) >= 11 is 0. The first-order valence-electron chi connectivity index (χ1n) is 7.97. The van der Waals surface area contributed by atoms with E-state index in [1.165, 1.54) is 0 Å². The molecule has 23 heavy (non-hydrogen) atoms. The molecule has 0 bridgehead atoms. The number of fused-ring (bicyclic) bond motifs is 1. The normalized spacial score (nSPS) is 19.8. The lowest BCUT2D eigenvalue weighted by molar-refractivity contribution is -0.122. The molecule has 1 heterocycles. The summed E-state index contributed by atoms with van der Waals surface area (Å²) in [6.45, 7) is 1.38. The van der Waals surface area contributed by atoms with Crippen LogP contribution in [0.4, 0.5) is 0 Å². The number of ether oxygens (including phenoxy) is 1. The Morgan fingerprint density at radius 2 is 2.09 bits per heavy atom. The zero-order chi connectivity index (χ0) is 16.2. The molecule has 1 amide bonds. The maximum absolute atomic E-state index is 11.4. The molecule has 3 rings (SSSR count). The summed E-state index contributed by atoms with van der Waals surface area (Å²) in [4.78, 5) is 13.3. The highest BCUT2D eigenvalue weighted by Gasteiger charge is 2.30. The number of carbonyl (C=O) groups is 1. The minimum absolute atomic E-state index is 0.190. The molecule has 1 saturated heterocycles. The Hall–Kier alpha value is -2.11. The van der Waals surface area contributed by atoms with E-state index in [1.54, 1.807) is 0 Å². The van der Waals surface area contributed by atoms with Gasteiger partial charge in [-0.1, -0.05) is 36.4 Å². The third-order valence-electron chi connectivity index (χ3n) is 4.32. The Balaban J connectivity index is 1.60. The van der Waals surface area contributed by atoms with Crippen molar-refractivity contribution in [2.45, 2.75) is 25.0 Å². The number of hydrogen-bond acceptors (Lipinski definition) is 4. The SMILES string of the molecule is NC(=O)C1CCCN1CC(O)COc1cccc2ccccc12. The lowest BCUT2D eigenvalue weighted by Crippen LogP contribution is -2.44. The molecule has 0 radical (unpaired) electrons. The van der Waals surface area contributed by atoms with E-state index in [-0.39, 0.29) is 18.6 Å². The fourth-order valence-electron chi connectivity index (χ4n) is 3.20. The molecular formula is C18H22N2O3. The number of nitrogens with zero attached hydrogens (tertiary/aromatic N) is 1. The van der Waals surface area contributed by atoms with Crippen LogP contribution in [0, 0.1) is 0 Å². The summed E-state index contributed by atoms with van der Waals surface area (Å²) in [5.74, 6) is 0.444. The summed E-state index contributed by atoms with van der Waals surface area (Å²) in [6.07, 6.45) is 1.05. The Morgan fingerprint density at radius 1 is 1.30 bits per heavy atom. The van der Waals surface area contributed by atoms with Crippen LogP contribution in [0.2, 0.25) is 0 Å². The van der Waals surface area contributed by atoms with Gasteiger partial charge >= 0.3 is 0 Å². The molecule has 5 nitrogen and oxygen atoms in total. The first-order valence-corrected chi connectivity index (χ1v) is 7.97. The summed E-state index contributed by atoms with van der Waals surface area (Å²) in [5, 5.41) is 12.4. The smallest absolute Gasteiger partial charge is 0.234 e. The van der Waals surface area contributed by atoms with E-state index in [1.807, 2.05) is 47.4 Å². The average molecular weight is 314 g/mol. The largest absolute Gasteiger partial charge is 0.490 e. The fourth-order valence-corrected chi connectivity index (χ4v) is 3.20. The molecule has 0 aliphatic carbocycles. The summed E-state index contributed by atoms with van der Waals surface area (Å²) in [5.41, 5.74) is 5.40. The zero-order valence-electron chi connectivity index (χ0n) is 13.0. The van der Waals surface area contributed by atoms with Crippen LogP contribution in [0.5, 0.6) is 5.75 Å². The van der Waals surface area contributed by atoms with Crippen LogP contribution in [0.25, 0.3) is 10.8 Å². The second-order valence-electron chi connectivity index (χ2n) is 6.00. The number of amides is 1. The van der Waals surface area contributed by atoms with Gasteiger partial charge in [-0.3, -0.25) is 9.69 Å². The summed E-state index contributed by atoms with van der Waals surface area (Å²) in [7, 11) is 0. The number of likely N-dealkylation sites (tertiary alicyclic amines) is 1. The lowest BCUT2D eigenvalue weighted by atomic mass is 10.1. The van der Waals surface area contributed by atoms with Crippen molar-refractivity contribution in [2.24, 2.45) is 5.73 Å². The summed E-state index contributed by atoms with van der Waals surface area (Å²) < 4.78 is 5.79. The first-order chi connectivity index (χ1) is 11.1. The molecule has 2 atom stereocenters. The van der Waals surface area contributed by atoms with Crippen LogP contribution in [0.15, 0.2) is 42.5 Å². The molecule has 0 spiro atoms. The monoisotopic (exact) mass is 314 g/mol. The maximum atomic E-state index is 11.4. The van der Waals surface area contributed by atoms with Crippen LogP contribution in [0.3, 0.4) is 0 Å². The average Bonchev–Trinajstić information content (AvgIpc) is 3.01. The van der Waals surface area contributed by atoms with Crippen molar-refractivity contribution < 1.29 is 14.6 Å². The van der Waals surface area contributed by atoms with Gasteiger partial charge in [-0.2, -0.15) is 0 Å². The van der Waals surface area contributed by atoms with Gasteiger partial charge in [0.15, 0.2) is 0 Å². The predicted octanol–water partition coefficient (Wildman–Crippen LogP) is 1.53. The quantitative estimate of drug-likeness (QED) is 0.848. The second-order valence-corrected chi connectivity index (χ2v) is 6.00. The number of aliphatic hydroxyl groups excluding tert-OH is 1. The highest BCUT2D eigenvalue weighted by Crippen LogP contribution is 2.25. The van der Waals surface area contributed by atoms with Gasteiger partial charge in [0, 0.05) is 11.9 Å². The lowest BCUT2D eigenvalue weighted by Gasteiger charge is -2.24. The number of carbonyl (C=O) groups excluding carboxylic acids is 1. The maximum Gasteiger partial charge on any atom is 0.234 e. The van der Waals surface area contributed by atoms with E-state index < -0.39 is 6.10 Å². The van der Waals surface area contributed by atoms with Crippen molar-refractivity contribution in [2.75, 3.05) is 19.7 Å². The van der Waals surface area contributed by atoms with Gasteiger partial charge in [0.25, 0.3) is 0 Å². The van der Waals surface area contributed by atoms with Gasteiger partial charge in [-0.15, -0.1) is 0 Å². The molecule has 122 valence electrons. The summed E-state index contributed by atoms with van der Waals surface area (Å²) in [6, 6.07) is 13.6. The Kier molecular flexibility index (Phi) is 4.79. The molecule has 1 aliphatic rings. The van der Waals surface area contributed by atoms with Crippen molar-refractivity contribution in [1.29, 1.82) is 0 Å². The number of nitrogens with two attached hydrogens (primary N) is 1. The Bertz CT molecular complexity index is 684. The number of β-amino-alcohol motifs (C(OH)–C–C–N with tert-alkyl or cyclic N) is 1. The molecule has 1 fully saturated rings. The number of rotatable bonds is 6. The van der Waals surface area contributed by atoms with Crippen molar-refractivity contribution in [3.63, 3.8) is 0 Å². The van der Waals surface area contributed by atoms with Crippen molar-refractivity contribution >= 4 is 16.7 Å². The van der Waals surface area contributed by atoms with Crippen LogP contribution in [0.1, 0.15) is 12.8 Å². The van der Waals surface area contributed by atoms with Crippen molar-refractivity contribution in [3.8, 4) is 5.75 Å². The molecule has 2 aromatic carbocycles. The van der Waals surface area contributed by atoms with E-state index in [9.17, 15) is 9.90 Å². The fraction of sp³-hybridized carbons (Fsp3) is 0.389. The van der Waals surface area contributed by atoms with Crippen LogP contribution in [-0.4, -0.2) is 47.8 Å². The molecule has 0 aromatic heterocycles. The predicted molar refractivity (Wildman–Crippen MR) is 89.2 cm³/mol. The molecule has 0 saturated carbocycles. The van der Waals surface area contributed by atoms with Gasteiger partial charge in [0.1, 0.15) is 18.5 Å². The number of benzene rings is 2. The number of hydrogen-bond donors (Lipinski definition) is 2. The third kappa shape index (κ3) is 3.63. The van der Waals surface area contributed by atoms with Crippen LogP contribution < -0.4 is 10.5 Å². The van der Waals surface area contributed by atoms with Gasteiger partial charge < -0.3 is 15.6 Å². The first kappa shape index (κ1) is 15.8. The molecule has 2 unspecified atom stereocenters. The minimum Gasteiger partial charge on any atom is -0.490 e. The van der Waals surface area contributed by atoms with E-state index in [0.717, 1.165) is 35.9 Å².